The molecule has 1 aliphatic rings. The Labute approximate surface area is 162 Å². The fraction of sp³-hybridized carbons (Fsp3) is 0.300. The van der Waals surface area contributed by atoms with Crippen LogP contribution in [0.2, 0.25) is 0 Å². The molecule has 3 aromatic rings. The van der Waals surface area contributed by atoms with Crippen LogP contribution in [0.1, 0.15) is 24.4 Å². The molecule has 1 aliphatic carbocycles. The predicted octanol–water partition coefficient (Wildman–Crippen LogP) is 2.87. The van der Waals surface area contributed by atoms with Crippen molar-refractivity contribution in [1.82, 2.24) is 20.2 Å². The number of rotatable bonds is 7. The third-order valence-electron chi connectivity index (χ3n) is 4.64. The normalized spacial score (nSPS) is 13.2. The van der Waals surface area contributed by atoms with Crippen molar-refractivity contribution in [3.63, 3.8) is 0 Å². The highest BCUT2D eigenvalue weighted by molar-refractivity contribution is 5.93. The minimum Gasteiger partial charge on any atom is -0.497 e. The number of hydrogen-bond donors (Lipinski definition) is 1. The van der Waals surface area contributed by atoms with E-state index >= 15 is 0 Å². The van der Waals surface area contributed by atoms with Gasteiger partial charge in [0.25, 0.3) is 0 Å². The molecule has 8 nitrogen and oxygen atoms in total. The van der Waals surface area contributed by atoms with Gasteiger partial charge in [-0.15, -0.1) is 5.10 Å². The molecular weight excluding hydrogens is 358 g/mol. The zero-order valence-corrected chi connectivity index (χ0v) is 15.8. The predicted molar refractivity (Wildman–Crippen MR) is 103 cm³/mol. The number of tetrazole rings is 1. The van der Waals surface area contributed by atoms with E-state index in [1.165, 1.54) is 0 Å². The lowest BCUT2D eigenvalue weighted by molar-refractivity contribution is -0.115. The van der Waals surface area contributed by atoms with E-state index in [4.69, 9.17) is 9.47 Å². The van der Waals surface area contributed by atoms with Crippen LogP contribution in [-0.2, 0) is 11.2 Å². The molecule has 8 heteroatoms. The summed E-state index contributed by atoms with van der Waals surface area (Å²) in [6, 6.07) is 13.3. The maximum absolute atomic E-state index is 12.5. The summed E-state index contributed by atoms with van der Waals surface area (Å²) in [5.74, 6) is 1.88. The number of carbonyl (C=O) groups is 1. The van der Waals surface area contributed by atoms with Crippen molar-refractivity contribution in [1.29, 1.82) is 0 Å². The van der Waals surface area contributed by atoms with Gasteiger partial charge in [-0.2, -0.15) is 0 Å². The van der Waals surface area contributed by atoms with E-state index in [0.717, 1.165) is 29.8 Å². The van der Waals surface area contributed by atoms with E-state index in [1.807, 2.05) is 41.1 Å². The first-order valence-electron chi connectivity index (χ1n) is 9.07. The average Bonchev–Trinajstić information content (AvgIpc) is 3.44. The van der Waals surface area contributed by atoms with Crippen molar-refractivity contribution in [3.05, 3.63) is 48.0 Å². The van der Waals surface area contributed by atoms with Crippen LogP contribution in [0.15, 0.2) is 42.5 Å². The number of amides is 1. The first kappa shape index (κ1) is 18.0. The van der Waals surface area contributed by atoms with Crippen LogP contribution in [-0.4, -0.2) is 40.3 Å². The second-order valence-corrected chi connectivity index (χ2v) is 6.66. The quantitative estimate of drug-likeness (QED) is 0.679. The highest BCUT2D eigenvalue weighted by atomic mass is 16.5. The Balaban J connectivity index is 1.49. The molecule has 1 fully saturated rings. The molecule has 2 aromatic carbocycles. The van der Waals surface area contributed by atoms with Crippen LogP contribution < -0.4 is 14.8 Å². The zero-order valence-electron chi connectivity index (χ0n) is 15.8. The number of aromatic nitrogens is 4. The molecule has 1 aromatic heterocycles. The van der Waals surface area contributed by atoms with Gasteiger partial charge in [-0.05, 0) is 41.5 Å². The molecule has 1 saturated carbocycles. The summed E-state index contributed by atoms with van der Waals surface area (Å²) >= 11 is 0. The van der Waals surface area contributed by atoms with Gasteiger partial charge in [0.05, 0.1) is 26.7 Å². The Morgan fingerprint density at radius 1 is 1.18 bits per heavy atom. The van der Waals surface area contributed by atoms with Crippen molar-refractivity contribution >= 4 is 11.6 Å². The Hall–Kier alpha value is -3.42. The topological polar surface area (TPSA) is 91.2 Å². The lowest BCUT2D eigenvalue weighted by Crippen LogP contribution is -2.15. The molecule has 4 rings (SSSR count). The van der Waals surface area contributed by atoms with Crippen molar-refractivity contribution < 1.29 is 14.3 Å². The lowest BCUT2D eigenvalue weighted by Gasteiger charge is -2.11. The van der Waals surface area contributed by atoms with Crippen molar-refractivity contribution in [2.75, 3.05) is 19.5 Å². The third-order valence-corrected chi connectivity index (χ3v) is 4.64. The molecule has 28 heavy (non-hydrogen) atoms. The van der Waals surface area contributed by atoms with E-state index in [1.54, 1.807) is 20.3 Å². The number of ether oxygens (including phenoxy) is 2. The first-order chi connectivity index (χ1) is 13.7. The Bertz CT molecular complexity index is 997. The second-order valence-electron chi connectivity index (χ2n) is 6.66. The average molecular weight is 379 g/mol. The summed E-state index contributed by atoms with van der Waals surface area (Å²) in [6.45, 7) is 0. The minimum absolute atomic E-state index is 0.137. The summed E-state index contributed by atoms with van der Waals surface area (Å²) < 4.78 is 12.4. The molecule has 0 spiro atoms. The number of carbonyl (C=O) groups excluding carboxylic acids is 1. The van der Waals surface area contributed by atoms with Gasteiger partial charge in [0, 0.05) is 22.9 Å². The Kier molecular flexibility index (Phi) is 4.92. The standard InChI is InChI=1S/C20H21N5O3/c1-27-17-9-6-13(18(12-17)28-2)11-19(26)21-15-5-3-4-14(10-15)20-22-23-24-25(20)16-7-8-16/h3-6,9-10,12,16H,7-8,11H2,1-2H3,(H,21,26). The SMILES string of the molecule is COc1ccc(CC(=O)Nc2cccc(-c3nnnn3C3CC3)c2)c(OC)c1. The zero-order chi connectivity index (χ0) is 19.5. The second kappa shape index (κ2) is 7.67. The van der Waals surface area contributed by atoms with Crippen molar-refractivity contribution in [2.45, 2.75) is 25.3 Å². The lowest BCUT2D eigenvalue weighted by atomic mass is 10.1. The van der Waals surface area contributed by atoms with Crippen LogP contribution in [0.25, 0.3) is 11.4 Å². The molecule has 1 heterocycles. The van der Waals surface area contributed by atoms with E-state index in [0.29, 0.717) is 23.2 Å². The van der Waals surface area contributed by atoms with Gasteiger partial charge in [-0.1, -0.05) is 18.2 Å². The first-order valence-corrected chi connectivity index (χ1v) is 9.07. The van der Waals surface area contributed by atoms with Crippen LogP contribution in [0.5, 0.6) is 11.5 Å². The van der Waals surface area contributed by atoms with Gasteiger partial charge in [-0.3, -0.25) is 4.79 Å². The molecular formula is C20H21N5O3. The third kappa shape index (κ3) is 3.80. The molecule has 1 N–H and O–H groups in total. The highest BCUT2D eigenvalue weighted by Crippen LogP contribution is 2.36. The summed E-state index contributed by atoms with van der Waals surface area (Å²) in [6.07, 6.45) is 2.38. The largest absolute Gasteiger partial charge is 0.497 e. The maximum atomic E-state index is 12.5. The van der Waals surface area contributed by atoms with Crippen LogP contribution >= 0.6 is 0 Å². The molecule has 0 bridgehead atoms. The fourth-order valence-corrected chi connectivity index (χ4v) is 3.06. The number of anilines is 1. The van der Waals surface area contributed by atoms with Crippen molar-refractivity contribution in [3.8, 4) is 22.9 Å². The molecule has 0 aliphatic heterocycles. The number of benzene rings is 2. The van der Waals surface area contributed by atoms with Crippen molar-refractivity contribution in [2.24, 2.45) is 0 Å². The number of nitrogens with zero attached hydrogens (tertiary/aromatic N) is 4. The molecule has 0 atom stereocenters. The van der Waals surface area contributed by atoms with E-state index in [-0.39, 0.29) is 12.3 Å². The smallest absolute Gasteiger partial charge is 0.228 e. The summed E-state index contributed by atoms with van der Waals surface area (Å²) in [7, 11) is 3.16. The Morgan fingerprint density at radius 2 is 2.04 bits per heavy atom. The molecule has 1 amide bonds. The van der Waals surface area contributed by atoms with Gasteiger partial charge in [-0.25, -0.2) is 4.68 Å². The number of hydrogen-bond acceptors (Lipinski definition) is 6. The molecule has 0 radical (unpaired) electrons. The van der Waals surface area contributed by atoms with E-state index < -0.39 is 0 Å². The Morgan fingerprint density at radius 3 is 2.79 bits per heavy atom. The molecule has 0 unspecified atom stereocenters. The van der Waals surface area contributed by atoms with Crippen LogP contribution in [0.4, 0.5) is 5.69 Å². The minimum atomic E-state index is -0.137. The summed E-state index contributed by atoms with van der Waals surface area (Å²) in [5.41, 5.74) is 2.35. The number of nitrogens with one attached hydrogen (secondary N) is 1. The van der Waals surface area contributed by atoms with Crippen LogP contribution in [0.3, 0.4) is 0 Å². The fourth-order valence-electron chi connectivity index (χ4n) is 3.06. The molecule has 0 saturated heterocycles. The maximum Gasteiger partial charge on any atom is 0.228 e. The van der Waals surface area contributed by atoms with Gasteiger partial charge >= 0.3 is 0 Å². The monoisotopic (exact) mass is 379 g/mol. The highest BCUT2D eigenvalue weighted by Gasteiger charge is 2.28. The molecule has 144 valence electrons. The van der Waals surface area contributed by atoms with Gasteiger partial charge in [0.2, 0.25) is 5.91 Å². The van der Waals surface area contributed by atoms with Gasteiger partial charge in [0.1, 0.15) is 11.5 Å². The summed E-state index contributed by atoms with van der Waals surface area (Å²) in [5, 5.41) is 14.9. The van der Waals surface area contributed by atoms with Crippen LogP contribution in [0, 0.1) is 0 Å². The summed E-state index contributed by atoms with van der Waals surface area (Å²) in [4.78, 5) is 12.5. The van der Waals surface area contributed by atoms with Gasteiger partial charge < -0.3 is 14.8 Å². The van der Waals surface area contributed by atoms with Gasteiger partial charge in [0.15, 0.2) is 5.82 Å². The van der Waals surface area contributed by atoms with E-state index in [2.05, 4.69) is 20.8 Å². The van der Waals surface area contributed by atoms with E-state index in [9.17, 15) is 4.79 Å². The number of methoxy groups -OCH3 is 2.